The van der Waals surface area contributed by atoms with Crippen LogP contribution in [0.4, 0.5) is 0 Å². The number of esters is 1. The number of hydrogen-bond acceptors (Lipinski definition) is 4. The molecule has 1 N–H and O–H groups in total. The Labute approximate surface area is 92.4 Å². The third kappa shape index (κ3) is 2.01. The molecule has 0 amide bonds. The Morgan fingerprint density at radius 2 is 2.40 bits per heavy atom. The maximum absolute atomic E-state index is 11.3. The van der Waals surface area contributed by atoms with E-state index in [1.807, 2.05) is 0 Å². The molecular formula is C11H12O3S. The lowest BCUT2D eigenvalue weighted by molar-refractivity contribution is 0.0600. The summed E-state index contributed by atoms with van der Waals surface area (Å²) in [5.74, 6) is 0.553. The van der Waals surface area contributed by atoms with Gasteiger partial charge < -0.3 is 9.84 Å². The van der Waals surface area contributed by atoms with Gasteiger partial charge in [0.2, 0.25) is 0 Å². The van der Waals surface area contributed by atoms with Gasteiger partial charge in [0.05, 0.1) is 18.8 Å². The lowest BCUT2D eigenvalue weighted by atomic mass is 10.0. The van der Waals surface area contributed by atoms with E-state index < -0.39 is 6.10 Å². The first kappa shape index (κ1) is 10.5. The molecular weight excluding hydrogens is 212 g/mol. The van der Waals surface area contributed by atoms with E-state index in [4.69, 9.17) is 0 Å². The number of benzene rings is 1. The molecule has 4 heteroatoms. The van der Waals surface area contributed by atoms with Crippen molar-refractivity contribution in [2.24, 2.45) is 0 Å². The van der Waals surface area contributed by atoms with Gasteiger partial charge in [0.15, 0.2) is 0 Å². The molecule has 0 saturated heterocycles. The second-order valence-electron chi connectivity index (χ2n) is 3.40. The molecule has 1 heterocycles. The molecule has 1 aromatic rings. The highest BCUT2D eigenvalue weighted by Gasteiger charge is 2.19. The van der Waals surface area contributed by atoms with Gasteiger partial charge in [-0.3, -0.25) is 0 Å². The fourth-order valence-corrected chi connectivity index (χ4v) is 2.76. The van der Waals surface area contributed by atoms with E-state index in [1.54, 1.807) is 30.0 Å². The fourth-order valence-electron chi connectivity index (χ4n) is 1.62. The molecule has 0 radical (unpaired) electrons. The third-order valence-corrected chi connectivity index (χ3v) is 3.55. The Bertz CT molecular complexity index is 389. The van der Waals surface area contributed by atoms with Gasteiger partial charge in [-0.25, -0.2) is 4.79 Å². The molecule has 15 heavy (non-hydrogen) atoms. The number of rotatable bonds is 1. The number of thioether (sulfide) groups is 1. The number of methoxy groups -OCH3 is 1. The van der Waals surface area contributed by atoms with Crippen molar-refractivity contribution in [1.82, 2.24) is 0 Å². The molecule has 0 bridgehead atoms. The fraction of sp³-hybridized carbons (Fsp3) is 0.364. The van der Waals surface area contributed by atoms with Crippen LogP contribution in [0.15, 0.2) is 23.1 Å². The summed E-state index contributed by atoms with van der Waals surface area (Å²) in [6.07, 6.45) is 0.378. The standard InChI is InChI=1S/C11H12O3S/c1-14-11(13)7-2-3-8-9(12)4-5-15-10(8)6-7/h2-3,6,9,12H,4-5H2,1H3/t9-/m1/s1. The summed E-state index contributed by atoms with van der Waals surface area (Å²) >= 11 is 1.67. The normalized spacial score (nSPS) is 19.5. The van der Waals surface area contributed by atoms with Gasteiger partial charge >= 0.3 is 5.97 Å². The van der Waals surface area contributed by atoms with Crippen molar-refractivity contribution in [1.29, 1.82) is 0 Å². The SMILES string of the molecule is COC(=O)c1ccc2c(c1)SCC[C@H]2O. The minimum atomic E-state index is -0.395. The van der Waals surface area contributed by atoms with Crippen LogP contribution in [0.5, 0.6) is 0 Å². The molecule has 1 atom stereocenters. The molecule has 1 aliphatic rings. The van der Waals surface area contributed by atoms with E-state index in [0.29, 0.717) is 5.56 Å². The van der Waals surface area contributed by atoms with Crippen LogP contribution in [-0.2, 0) is 4.74 Å². The summed E-state index contributed by atoms with van der Waals surface area (Å²) in [7, 11) is 1.36. The first-order chi connectivity index (χ1) is 7.22. The Kier molecular flexibility index (Phi) is 2.98. The van der Waals surface area contributed by atoms with Crippen LogP contribution in [0, 0.1) is 0 Å². The second kappa shape index (κ2) is 4.24. The maximum Gasteiger partial charge on any atom is 0.337 e. The Morgan fingerprint density at radius 3 is 3.13 bits per heavy atom. The molecule has 0 fully saturated rings. The minimum Gasteiger partial charge on any atom is -0.465 e. The summed E-state index contributed by atoms with van der Waals surface area (Å²) in [5, 5.41) is 9.72. The van der Waals surface area contributed by atoms with E-state index in [1.165, 1.54) is 7.11 Å². The molecule has 2 rings (SSSR count). The van der Waals surface area contributed by atoms with Crippen molar-refractivity contribution in [3.63, 3.8) is 0 Å². The maximum atomic E-state index is 11.3. The molecule has 1 aliphatic heterocycles. The van der Waals surface area contributed by atoms with Crippen molar-refractivity contribution < 1.29 is 14.6 Å². The van der Waals surface area contributed by atoms with Gasteiger partial charge in [0, 0.05) is 10.6 Å². The van der Waals surface area contributed by atoms with Crippen LogP contribution < -0.4 is 0 Å². The summed E-state index contributed by atoms with van der Waals surface area (Å²) < 4.78 is 4.64. The second-order valence-corrected chi connectivity index (χ2v) is 4.53. The van der Waals surface area contributed by atoms with E-state index in [2.05, 4.69) is 4.74 Å². The summed E-state index contributed by atoms with van der Waals surface area (Å²) in [4.78, 5) is 12.3. The first-order valence-corrected chi connectivity index (χ1v) is 5.74. The number of aliphatic hydroxyl groups excluding tert-OH is 1. The number of carbonyl (C=O) groups excluding carboxylic acids is 1. The number of fused-ring (bicyclic) bond motifs is 1. The van der Waals surface area contributed by atoms with E-state index in [0.717, 1.165) is 22.6 Å². The van der Waals surface area contributed by atoms with Crippen molar-refractivity contribution in [3.8, 4) is 0 Å². The van der Waals surface area contributed by atoms with Crippen molar-refractivity contribution in [3.05, 3.63) is 29.3 Å². The summed E-state index contributed by atoms with van der Waals surface area (Å²) in [6.45, 7) is 0. The number of aliphatic hydroxyl groups is 1. The van der Waals surface area contributed by atoms with Gasteiger partial charge in [0.1, 0.15) is 0 Å². The van der Waals surface area contributed by atoms with E-state index in [9.17, 15) is 9.90 Å². The lowest BCUT2D eigenvalue weighted by Gasteiger charge is -2.20. The molecule has 0 spiro atoms. The zero-order valence-electron chi connectivity index (χ0n) is 8.40. The average molecular weight is 224 g/mol. The van der Waals surface area contributed by atoms with Crippen LogP contribution in [0.3, 0.4) is 0 Å². The average Bonchev–Trinajstić information content (AvgIpc) is 2.28. The molecule has 80 valence electrons. The molecule has 0 aliphatic carbocycles. The molecule has 0 aromatic heterocycles. The van der Waals surface area contributed by atoms with Gasteiger partial charge in [-0.2, -0.15) is 0 Å². The van der Waals surface area contributed by atoms with Gasteiger partial charge in [-0.1, -0.05) is 6.07 Å². The highest BCUT2D eigenvalue weighted by molar-refractivity contribution is 7.99. The molecule has 0 unspecified atom stereocenters. The summed E-state index contributed by atoms with van der Waals surface area (Å²) in [5.41, 5.74) is 1.46. The zero-order valence-corrected chi connectivity index (χ0v) is 9.21. The molecule has 0 saturated carbocycles. The Morgan fingerprint density at radius 1 is 1.60 bits per heavy atom. The minimum absolute atomic E-state index is 0.335. The van der Waals surface area contributed by atoms with Gasteiger partial charge in [0.25, 0.3) is 0 Å². The number of hydrogen-bond donors (Lipinski definition) is 1. The van der Waals surface area contributed by atoms with Crippen molar-refractivity contribution >= 4 is 17.7 Å². The number of ether oxygens (including phenoxy) is 1. The number of carbonyl (C=O) groups is 1. The van der Waals surface area contributed by atoms with Crippen LogP contribution in [0.1, 0.15) is 28.4 Å². The Balaban J connectivity index is 2.37. The van der Waals surface area contributed by atoms with Crippen LogP contribution in [0.2, 0.25) is 0 Å². The van der Waals surface area contributed by atoms with Crippen LogP contribution >= 0.6 is 11.8 Å². The van der Waals surface area contributed by atoms with Crippen LogP contribution in [0.25, 0.3) is 0 Å². The van der Waals surface area contributed by atoms with Crippen molar-refractivity contribution in [2.75, 3.05) is 12.9 Å². The van der Waals surface area contributed by atoms with Crippen molar-refractivity contribution in [2.45, 2.75) is 17.4 Å². The predicted octanol–water partition coefficient (Wildman–Crippen LogP) is 2.00. The Hall–Kier alpha value is -1.00. The summed E-state index contributed by atoms with van der Waals surface area (Å²) in [6, 6.07) is 5.28. The predicted molar refractivity (Wildman–Crippen MR) is 58.1 cm³/mol. The first-order valence-electron chi connectivity index (χ1n) is 4.75. The van der Waals surface area contributed by atoms with Gasteiger partial charge in [-0.15, -0.1) is 11.8 Å². The quantitative estimate of drug-likeness (QED) is 0.741. The lowest BCUT2D eigenvalue weighted by Crippen LogP contribution is -2.08. The van der Waals surface area contributed by atoms with E-state index in [-0.39, 0.29) is 5.97 Å². The van der Waals surface area contributed by atoms with Crippen LogP contribution in [-0.4, -0.2) is 23.9 Å². The highest BCUT2D eigenvalue weighted by atomic mass is 32.2. The monoisotopic (exact) mass is 224 g/mol. The smallest absolute Gasteiger partial charge is 0.337 e. The highest BCUT2D eigenvalue weighted by Crippen LogP contribution is 2.36. The van der Waals surface area contributed by atoms with E-state index >= 15 is 0 Å². The zero-order chi connectivity index (χ0) is 10.8. The largest absolute Gasteiger partial charge is 0.465 e. The topological polar surface area (TPSA) is 46.5 Å². The molecule has 1 aromatic carbocycles. The molecule has 3 nitrogen and oxygen atoms in total. The third-order valence-electron chi connectivity index (χ3n) is 2.44. The van der Waals surface area contributed by atoms with Gasteiger partial charge in [-0.05, 0) is 24.1 Å².